The van der Waals surface area contributed by atoms with Gasteiger partial charge in [-0.3, -0.25) is 24.8 Å². The third-order valence-electron chi connectivity index (χ3n) is 9.74. The lowest BCUT2D eigenvalue weighted by molar-refractivity contribution is -0.384. The predicted octanol–water partition coefficient (Wildman–Crippen LogP) is 3.75. The van der Waals surface area contributed by atoms with Gasteiger partial charge in [-0.25, -0.2) is 0 Å². The molecule has 4 fully saturated rings. The summed E-state index contributed by atoms with van der Waals surface area (Å²) in [5.74, 6) is 0.998. The Morgan fingerprint density at radius 1 is 1.22 bits per heavy atom. The second-order valence-electron chi connectivity index (χ2n) is 11.1. The van der Waals surface area contributed by atoms with E-state index in [-0.39, 0.29) is 29.2 Å². The van der Waals surface area contributed by atoms with Crippen LogP contribution in [0.3, 0.4) is 0 Å². The Morgan fingerprint density at radius 2 is 2.14 bits per heavy atom. The molecule has 1 spiro atoms. The summed E-state index contributed by atoms with van der Waals surface area (Å²) < 4.78 is 6.32. The van der Waals surface area contributed by atoms with Crippen molar-refractivity contribution in [3.8, 4) is 0 Å². The van der Waals surface area contributed by atoms with Gasteiger partial charge in [0.25, 0.3) is 5.69 Å². The van der Waals surface area contributed by atoms with Crippen LogP contribution in [-0.2, 0) is 14.9 Å². The molecule has 36 heavy (non-hydrogen) atoms. The largest absolute Gasteiger partial charge is 0.373 e. The minimum atomic E-state index is -0.392. The zero-order valence-corrected chi connectivity index (χ0v) is 19.7. The molecular formula is C28H26N4O4. The van der Waals surface area contributed by atoms with Crippen LogP contribution in [0.25, 0.3) is 0 Å². The van der Waals surface area contributed by atoms with Crippen LogP contribution in [0, 0.1) is 22.0 Å². The molecule has 8 rings (SSSR count). The Labute approximate surface area is 208 Å². The van der Waals surface area contributed by atoms with Gasteiger partial charge in [-0.15, -0.1) is 0 Å². The predicted molar refractivity (Wildman–Crippen MR) is 134 cm³/mol. The maximum atomic E-state index is 13.6. The van der Waals surface area contributed by atoms with E-state index in [2.05, 4.69) is 28.0 Å². The first-order chi connectivity index (χ1) is 17.5. The van der Waals surface area contributed by atoms with Gasteiger partial charge in [0, 0.05) is 48.0 Å². The van der Waals surface area contributed by atoms with Gasteiger partial charge in [-0.1, -0.05) is 23.8 Å². The van der Waals surface area contributed by atoms with Crippen LogP contribution in [-0.4, -0.2) is 59.8 Å². The van der Waals surface area contributed by atoms with Gasteiger partial charge in [-0.2, -0.15) is 0 Å². The summed E-state index contributed by atoms with van der Waals surface area (Å²) in [6, 6.07) is 13.3. The van der Waals surface area contributed by atoms with E-state index in [1.54, 1.807) is 12.3 Å². The number of fused-ring (bicyclic) bond motifs is 2. The molecule has 1 amide bonds. The van der Waals surface area contributed by atoms with Crippen LogP contribution in [0.5, 0.6) is 0 Å². The highest BCUT2D eigenvalue weighted by Crippen LogP contribution is 2.66. The number of nitro benzene ring substituents is 1. The first-order valence-corrected chi connectivity index (χ1v) is 12.8. The van der Waals surface area contributed by atoms with Gasteiger partial charge in [-0.05, 0) is 54.6 Å². The van der Waals surface area contributed by atoms with E-state index in [0.717, 1.165) is 37.3 Å². The molecule has 6 aliphatic rings. The first-order valence-electron chi connectivity index (χ1n) is 12.8. The number of piperidine rings is 2. The van der Waals surface area contributed by atoms with E-state index in [0.29, 0.717) is 36.5 Å². The molecule has 0 unspecified atom stereocenters. The standard InChI is InChI=1S/C28H26N4O4/c33-25-13-23-26-20-12-24-28(7-8-30(24)15-17(20)6-9-36-23)21-11-18(4-5-22(21)31(25)27(26)28)29-14-16-2-1-3-19(10-16)32(34)35/h1-6,10-11,14,20,23-24,26-27H,7-9,12-13,15H2/t20-,23-,24+,26+,27-,28+/m0/s1. The summed E-state index contributed by atoms with van der Waals surface area (Å²) >= 11 is 0. The molecule has 5 heterocycles. The summed E-state index contributed by atoms with van der Waals surface area (Å²) in [6.45, 7) is 2.68. The summed E-state index contributed by atoms with van der Waals surface area (Å²) in [5, 5.41) is 11.1. The highest BCUT2D eigenvalue weighted by atomic mass is 16.6. The maximum absolute atomic E-state index is 13.6. The Kier molecular flexibility index (Phi) is 4.11. The van der Waals surface area contributed by atoms with Gasteiger partial charge in [0.15, 0.2) is 0 Å². The average molecular weight is 483 g/mol. The summed E-state index contributed by atoms with van der Waals surface area (Å²) in [5.41, 5.74) is 5.26. The van der Waals surface area contributed by atoms with Gasteiger partial charge < -0.3 is 9.64 Å². The highest BCUT2D eigenvalue weighted by Gasteiger charge is 2.71. The van der Waals surface area contributed by atoms with Crippen LogP contribution in [0.1, 0.15) is 30.4 Å². The van der Waals surface area contributed by atoms with Crippen molar-refractivity contribution in [3.05, 3.63) is 75.4 Å². The lowest BCUT2D eigenvalue weighted by Crippen LogP contribution is -2.69. The third kappa shape index (κ3) is 2.56. The number of amides is 1. The molecule has 2 bridgehead atoms. The van der Waals surface area contributed by atoms with Gasteiger partial charge in [0.2, 0.25) is 5.91 Å². The van der Waals surface area contributed by atoms with E-state index in [1.807, 2.05) is 12.1 Å². The molecule has 0 radical (unpaired) electrons. The van der Waals surface area contributed by atoms with Gasteiger partial charge >= 0.3 is 0 Å². The number of carbonyl (C=O) groups excluding carboxylic acids is 1. The molecule has 3 saturated heterocycles. The van der Waals surface area contributed by atoms with Crippen LogP contribution in [0.15, 0.2) is 59.1 Å². The zero-order chi connectivity index (χ0) is 24.2. The number of benzene rings is 2. The number of nitro groups is 1. The Morgan fingerprint density at radius 3 is 3.03 bits per heavy atom. The molecule has 0 N–H and O–H groups in total. The fraction of sp³-hybridized carbons (Fsp3) is 0.429. The van der Waals surface area contributed by atoms with Crippen LogP contribution in [0.2, 0.25) is 0 Å². The van der Waals surface area contributed by atoms with E-state index in [9.17, 15) is 14.9 Å². The van der Waals surface area contributed by atoms with Crippen LogP contribution >= 0.6 is 0 Å². The van der Waals surface area contributed by atoms with E-state index in [1.165, 1.54) is 23.3 Å². The molecule has 2 aromatic rings. The molecule has 0 aromatic heterocycles. The van der Waals surface area contributed by atoms with Crippen LogP contribution in [0.4, 0.5) is 17.1 Å². The number of rotatable bonds is 3. The van der Waals surface area contributed by atoms with Crippen molar-refractivity contribution in [2.45, 2.75) is 42.9 Å². The zero-order valence-electron chi connectivity index (χ0n) is 19.7. The number of non-ortho nitro benzene ring substituents is 1. The normalized spacial score (nSPS) is 35.6. The number of nitrogens with zero attached hydrogens (tertiary/aromatic N) is 4. The molecule has 8 nitrogen and oxygen atoms in total. The second kappa shape index (κ2) is 7.11. The van der Waals surface area contributed by atoms with E-state index in [4.69, 9.17) is 9.73 Å². The number of hydrogen-bond donors (Lipinski definition) is 0. The van der Waals surface area contributed by atoms with Gasteiger partial charge in [0.05, 0.1) is 35.8 Å². The van der Waals surface area contributed by atoms with E-state index < -0.39 is 4.92 Å². The fourth-order valence-electron chi connectivity index (χ4n) is 8.49. The SMILES string of the molecule is O=C1C[C@@H]2OCC=C3CN4CC[C@]56c7cc(N=Cc8cccc([N+](=O)[O-])c8)ccc7N1[C@H]5[C@@H]2[C@H]3C[C@@H]46. The molecule has 2 aromatic carbocycles. The number of hydrogen-bond acceptors (Lipinski definition) is 6. The number of ether oxygens (including phenoxy) is 1. The summed E-state index contributed by atoms with van der Waals surface area (Å²) in [7, 11) is 0. The van der Waals surface area contributed by atoms with Crippen molar-refractivity contribution in [1.82, 2.24) is 4.90 Å². The lowest BCUT2D eigenvalue weighted by atomic mass is 9.53. The molecule has 6 atom stereocenters. The molecule has 1 aliphatic carbocycles. The van der Waals surface area contributed by atoms with E-state index >= 15 is 0 Å². The minimum absolute atomic E-state index is 0.0110. The van der Waals surface area contributed by atoms with Crippen molar-refractivity contribution in [3.63, 3.8) is 0 Å². The Bertz CT molecular complexity index is 1400. The second-order valence-corrected chi connectivity index (χ2v) is 11.1. The maximum Gasteiger partial charge on any atom is 0.270 e. The lowest BCUT2D eigenvalue weighted by Gasteiger charge is -2.58. The summed E-state index contributed by atoms with van der Waals surface area (Å²) in [4.78, 5) is 33.8. The highest BCUT2D eigenvalue weighted by molar-refractivity contribution is 5.99. The van der Waals surface area contributed by atoms with Crippen molar-refractivity contribution in [2.24, 2.45) is 16.8 Å². The quantitative estimate of drug-likeness (QED) is 0.288. The molecule has 5 aliphatic heterocycles. The molecular weight excluding hydrogens is 456 g/mol. The van der Waals surface area contributed by atoms with Crippen molar-refractivity contribution in [2.75, 3.05) is 24.6 Å². The molecule has 1 saturated carbocycles. The van der Waals surface area contributed by atoms with Crippen molar-refractivity contribution in [1.29, 1.82) is 0 Å². The third-order valence-corrected chi connectivity index (χ3v) is 9.74. The summed E-state index contributed by atoms with van der Waals surface area (Å²) in [6.07, 6.45) is 6.60. The Hall–Kier alpha value is -3.36. The topological polar surface area (TPSA) is 88.3 Å². The average Bonchev–Trinajstić information content (AvgIpc) is 3.35. The van der Waals surface area contributed by atoms with Crippen molar-refractivity contribution >= 4 is 29.2 Å². The number of anilines is 1. The smallest absolute Gasteiger partial charge is 0.270 e. The molecule has 8 heteroatoms. The molecule has 182 valence electrons. The monoisotopic (exact) mass is 482 g/mol. The number of carbonyl (C=O) groups is 1. The fourth-order valence-corrected chi connectivity index (χ4v) is 8.49. The Balaban J connectivity index is 1.25. The first kappa shape index (κ1) is 20.8. The minimum Gasteiger partial charge on any atom is -0.373 e. The van der Waals surface area contributed by atoms with Crippen LogP contribution < -0.4 is 4.90 Å². The van der Waals surface area contributed by atoms with Crippen molar-refractivity contribution < 1.29 is 14.5 Å². The van der Waals surface area contributed by atoms with Gasteiger partial charge in [0.1, 0.15) is 0 Å². The number of aliphatic imine (C=N–C) groups is 1.